The van der Waals surface area contributed by atoms with Crippen molar-refractivity contribution in [3.8, 4) is 0 Å². The zero-order valence-corrected chi connectivity index (χ0v) is 10.9. The highest BCUT2D eigenvalue weighted by molar-refractivity contribution is 5.74. The molecule has 3 rings (SSSR count). The second-order valence-electron chi connectivity index (χ2n) is 4.80. The van der Waals surface area contributed by atoms with E-state index in [1.54, 1.807) is 0 Å². The fourth-order valence-electron chi connectivity index (χ4n) is 2.18. The highest BCUT2D eigenvalue weighted by Gasteiger charge is 2.00. The summed E-state index contributed by atoms with van der Waals surface area (Å²) in [5.74, 6) is 0. The quantitative estimate of drug-likeness (QED) is 0.543. The average Bonchev–Trinajstić information content (AvgIpc) is 2.80. The molecule has 3 aromatic rings. The summed E-state index contributed by atoms with van der Waals surface area (Å²) >= 11 is 0. The molecular formula is C15H16N4O. The van der Waals surface area contributed by atoms with Crippen molar-refractivity contribution in [1.82, 2.24) is 15.3 Å². The van der Waals surface area contributed by atoms with Crippen molar-refractivity contribution in [2.45, 2.75) is 13.1 Å². The molecule has 0 unspecified atom stereocenters. The molecule has 1 heterocycles. The summed E-state index contributed by atoms with van der Waals surface area (Å²) in [6.45, 7) is 1.52. The van der Waals surface area contributed by atoms with Crippen LogP contribution in [0.3, 0.4) is 0 Å². The number of imidazole rings is 1. The van der Waals surface area contributed by atoms with Gasteiger partial charge in [-0.3, -0.25) is 0 Å². The summed E-state index contributed by atoms with van der Waals surface area (Å²) in [5.41, 5.74) is 10.2. The molecule has 5 N–H and O–H groups in total. The summed E-state index contributed by atoms with van der Waals surface area (Å²) in [5, 5.41) is 3.37. The zero-order valence-electron chi connectivity index (χ0n) is 10.9. The number of aromatic amines is 2. The minimum atomic E-state index is -0.174. The van der Waals surface area contributed by atoms with Crippen molar-refractivity contribution in [3.05, 3.63) is 64.1 Å². The molecule has 0 spiro atoms. The Bertz CT molecular complexity index is 770. The number of rotatable bonds is 4. The van der Waals surface area contributed by atoms with Gasteiger partial charge >= 0.3 is 5.69 Å². The van der Waals surface area contributed by atoms with E-state index in [0.29, 0.717) is 0 Å². The van der Waals surface area contributed by atoms with Crippen LogP contribution in [0.15, 0.2) is 47.3 Å². The summed E-state index contributed by atoms with van der Waals surface area (Å²) in [6, 6.07) is 13.7. The van der Waals surface area contributed by atoms with E-state index in [1.165, 1.54) is 5.56 Å². The first-order valence-corrected chi connectivity index (χ1v) is 6.47. The summed E-state index contributed by atoms with van der Waals surface area (Å²) in [4.78, 5) is 16.7. The van der Waals surface area contributed by atoms with Crippen LogP contribution in [0.25, 0.3) is 11.0 Å². The van der Waals surface area contributed by atoms with Gasteiger partial charge in [0.25, 0.3) is 0 Å². The normalized spacial score (nSPS) is 11.0. The number of H-pyrrole nitrogens is 2. The van der Waals surface area contributed by atoms with E-state index >= 15 is 0 Å². The van der Waals surface area contributed by atoms with Crippen LogP contribution in [0.4, 0.5) is 5.69 Å². The second-order valence-corrected chi connectivity index (χ2v) is 4.80. The average molecular weight is 268 g/mol. The number of hydrogen-bond donors (Lipinski definition) is 4. The first-order valence-electron chi connectivity index (χ1n) is 6.47. The van der Waals surface area contributed by atoms with Gasteiger partial charge in [0.1, 0.15) is 0 Å². The van der Waals surface area contributed by atoms with E-state index in [9.17, 15) is 4.79 Å². The van der Waals surface area contributed by atoms with E-state index in [0.717, 1.165) is 35.4 Å². The van der Waals surface area contributed by atoms with E-state index in [-0.39, 0.29) is 5.69 Å². The fraction of sp³-hybridized carbons (Fsp3) is 0.133. The lowest BCUT2D eigenvalue weighted by molar-refractivity contribution is 0.694. The van der Waals surface area contributed by atoms with Crippen molar-refractivity contribution in [2.24, 2.45) is 0 Å². The molecule has 5 nitrogen and oxygen atoms in total. The van der Waals surface area contributed by atoms with Gasteiger partial charge in [0.2, 0.25) is 0 Å². The van der Waals surface area contributed by atoms with Crippen molar-refractivity contribution in [3.63, 3.8) is 0 Å². The van der Waals surface area contributed by atoms with Crippen LogP contribution in [0.2, 0.25) is 0 Å². The lowest BCUT2D eigenvalue weighted by atomic mass is 10.2. The van der Waals surface area contributed by atoms with Gasteiger partial charge in [-0.2, -0.15) is 0 Å². The first kappa shape index (κ1) is 12.5. The second kappa shape index (κ2) is 5.22. The number of hydrogen-bond acceptors (Lipinski definition) is 3. The molecule has 0 aliphatic heterocycles. The molecule has 0 radical (unpaired) electrons. The minimum Gasteiger partial charge on any atom is -0.399 e. The van der Waals surface area contributed by atoms with Crippen LogP contribution in [0, 0.1) is 0 Å². The molecule has 0 bridgehead atoms. The largest absolute Gasteiger partial charge is 0.399 e. The molecule has 1 aromatic heterocycles. The van der Waals surface area contributed by atoms with Gasteiger partial charge < -0.3 is 21.0 Å². The maximum atomic E-state index is 11.2. The van der Waals surface area contributed by atoms with E-state index < -0.39 is 0 Å². The van der Waals surface area contributed by atoms with Gasteiger partial charge in [0, 0.05) is 18.8 Å². The monoisotopic (exact) mass is 268 g/mol. The Labute approximate surface area is 115 Å². The van der Waals surface area contributed by atoms with Gasteiger partial charge in [0.15, 0.2) is 0 Å². The third-order valence-corrected chi connectivity index (χ3v) is 3.22. The van der Waals surface area contributed by atoms with Crippen molar-refractivity contribution >= 4 is 16.7 Å². The van der Waals surface area contributed by atoms with Crippen LogP contribution in [-0.2, 0) is 13.1 Å². The molecule has 2 aromatic carbocycles. The highest BCUT2D eigenvalue weighted by atomic mass is 16.1. The SMILES string of the molecule is Nc1ccc(CNCc2ccc3[nH]c(=O)[nH]c3c2)cc1. The fourth-order valence-corrected chi connectivity index (χ4v) is 2.18. The third kappa shape index (κ3) is 2.73. The molecule has 0 atom stereocenters. The summed E-state index contributed by atoms with van der Waals surface area (Å²) in [7, 11) is 0. The summed E-state index contributed by atoms with van der Waals surface area (Å²) < 4.78 is 0. The Kier molecular flexibility index (Phi) is 3.26. The van der Waals surface area contributed by atoms with Crippen LogP contribution in [0.1, 0.15) is 11.1 Å². The first-order chi connectivity index (χ1) is 9.70. The smallest absolute Gasteiger partial charge is 0.323 e. The maximum absolute atomic E-state index is 11.2. The van der Waals surface area contributed by atoms with Gasteiger partial charge in [-0.1, -0.05) is 18.2 Å². The van der Waals surface area contributed by atoms with Crippen LogP contribution in [-0.4, -0.2) is 9.97 Å². The van der Waals surface area contributed by atoms with E-state index in [2.05, 4.69) is 15.3 Å². The molecule has 0 amide bonds. The molecule has 0 aliphatic carbocycles. The summed E-state index contributed by atoms with van der Waals surface area (Å²) in [6.07, 6.45) is 0. The van der Waals surface area contributed by atoms with Crippen LogP contribution < -0.4 is 16.7 Å². The Morgan fingerprint density at radius 2 is 1.55 bits per heavy atom. The topological polar surface area (TPSA) is 86.7 Å². The molecule has 0 fully saturated rings. The van der Waals surface area contributed by atoms with Crippen molar-refractivity contribution < 1.29 is 0 Å². The minimum absolute atomic E-state index is 0.174. The van der Waals surface area contributed by atoms with Gasteiger partial charge in [-0.05, 0) is 35.4 Å². The molecule has 0 saturated heterocycles. The highest BCUT2D eigenvalue weighted by Crippen LogP contribution is 2.10. The predicted molar refractivity (Wildman–Crippen MR) is 80.3 cm³/mol. The van der Waals surface area contributed by atoms with Gasteiger partial charge in [-0.15, -0.1) is 0 Å². The Morgan fingerprint density at radius 1 is 0.900 bits per heavy atom. The number of anilines is 1. The number of fused-ring (bicyclic) bond motifs is 1. The maximum Gasteiger partial charge on any atom is 0.323 e. The number of aromatic nitrogens is 2. The number of nitrogens with two attached hydrogens (primary N) is 1. The Morgan fingerprint density at radius 3 is 2.35 bits per heavy atom. The van der Waals surface area contributed by atoms with E-state index in [1.807, 2.05) is 42.5 Å². The lowest BCUT2D eigenvalue weighted by Crippen LogP contribution is -2.12. The van der Waals surface area contributed by atoms with Crippen LogP contribution in [0.5, 0.6) is 0 Å². The van der Waals surface area contributed by atoms with Crippen LogP contribution >= 0.6 is 0 Å². The Hall–Kier alpha value is -2.53. The van der Waals surface area contributed by atoms with Crippen molar-refractivity contribution in [2.75, 3.05) is 5.73 Å². The standard InChI is InChI=1S/C15H16N4O/c16-12-4-1-10(2-5-12)8-17-9-11-3-6-13-14(7-11)19-15(20)18-13/h1-7,17H,8-9,16H2,(H2,18,19,20). The molecule has 0 saturated carbocycles. The lowest BCUT2D eigenvalue weighted by Gasteiger charge is -2.05. The van der Waals surface area contributed by atoms with Crippen molar-refractivity contribution in [1.29, 1.82) is 0 Å². The number of benzene rings is 2. The molecular weight excluding hydrogens is 252 g/mol. The molecule has 20 heavy (non-hydrogen) atoms. The van der Waals surface area contributed by atoms with Gasteiger partial charge in [0.05, 0.1) is 11.0 Å². The molecule has 0 aliphatic rings. The molecule has 5 heteroatoms. The van der Waals surface area contributed by atoms with E-state index in [4.69, 9.17) is 5.73 Å². The predicted octanol–water partition coefficient (Wildman–Crippen LogP) is 1.73. The zero-order chi connectivity index (χ0) is 13.9. The third-order valence-electron chi connectivity index (χ3n) is 3.22. The molecule has 102 valence electrons. The number of nitrogens with one attached hydrogen (secondary N) is 3. The van der Waals surface area contributed by atoms with Gasteiger partial charge in [-0.25, -0.2) is 4.79 Å². The Balaban J connectivity index is 1.64. The number of nitrogen functional groups attached to an aromatic ring is 1.